The highest BCUT2D eigenvalue weighted by atomic mass is 35.5. The Balaban J connectivity index is 2.68. The fraction of sp³-hybridized carbons (Fsp3) is 0.154. The van der Waals surface area contributed by atoms with Crippen LogP contribution in [0, 0.1) is 24.0 Å². The molecule has 0 fully saturated rings. The minimum atomic E-state index is -0.524. The van der Waals surface area contributed by atoms with Crippen molar-refractivity contribution >= 4 is 28.6 Å². The van der Waals surface area contributed by atoms with Gasteiger partial charge in [0.1, 0.15) is 5.15 Å². The summed E-state index contributed by atoms with van der Waals surface area (Å²) in [6.45, 7) is 3.93. The summed E-state index contributed by atoms with van der Waals surface area (Å²) in [6, 6.07) is 5.80. The fourth-order valence-corrected chi connectivity index (χ4v) is 1.99. The third-order valence-electron chi connectivity index (χ3n) is 2.76. The lowest BCUT2D eigenvalue weighted by Crippen LogP contribution is -1.91. The quantitative estimate of drug-likeness (QED) is 0.470. The summed E-state index contributed by atoms with van der Waals surface area (Å²) in [5.74, 6) is 0. The molecule has 0 bridgehead atoms. The lowest BCUT2D eigenvalue weighted by atomic mass is 10.0. The van der Waals surface area contributed by atoms with Crippen molar-refractivity contribution in [3.05, 3.63) is 56.4 Å². The van der Waals surface area contributed by atoms with E-state index in [1.165, 1.54) is 6.08 Å². The van der Waals surface area contributed by atoms with Gasteiger partial charge >= 0.3 is 0 Å². The first kappa shape index (κ1) is 12.5. The van der Waals surface area contributed by atoms with Crippen molar-refractivity contribution < 1.29 is 4.92 Å². The van der Waals surface area contributed by atoms with Crippen molar-refractivity contribution in [3.8, 4) is 0 Å². The van der Waals surface area contributed by atoms with Crippen molar-refractivity contribution in [2.45, 2.75) is 13.8 Å². The van der Waals surface area contributed by atoms with E-state index >= 15 is 0 Å². The first-order chi connectivity index (χ1) is 8.49. The van der Waals surface area contributed by atoms with Gasteiger partial charge in [-0.1, -0.05) is 23.7 Å². The molecule has 0 unspecified atom stereocenters. The minimum absolute atomic E-state index is 0.273. The highest BCUT2D eigenvalue weighted by Crippen LogP contribution is 2.26. The summed E-state index contributed by atoms with van der Waals surface area (Å²) in [5, 5.41) is 11.6. The van der Waals surface area contributed by atoms with Crippen LogP contribution in [0.5, 0.6) is 0 Å². The molecule has 0 aliphatic heterocycles. The summed E-state index contributed by atoms with van der Waals surface area (Å²) in [6.07, 6.45) is 2.22. The van der Waals surface area contributed by atoms with E-state index < -0.39 is 4.92 Å². The maximum absolute atomic E-state index is 10.3. The second-order valence-corrected chi connectivity index (χ2v) is 4.42. The molecular formula is C13H11ClN2O2. The third kappa shape index (κ3) is 2.33. The van der Waals surface area contributed by atoms with Gasteiger partial charge in [-0.05, 0) is 31.0 Å². The molecule has 0 atom stereocenters. The van der Waals surface area contributed by atoms with Gasteiger partial charge < -0.3 is 0 Å². The van der Waals surface area contributed by atoms with E-state index in [1.807, 2.05) is 32.0 Å². The number of halogens is 1. The van der Waals surface area contributed by atoms with Crippen LogP contribution in [0.25, 0.3) is 17.0 Å². The van der Waals surface area contributed by atoms with Gasteiger partial charge in [-0.15, -0.1) is 0 Å². The largest absolute Gasteiger partial charge is 0.259 e. The highest BCUT2D eigenvalue weighted by molar-refractivity contribution is 6.31. The van der Waals surface area contributed by atoms with Gasteiger partial charge in [0.05, 0.1) is 10.4 Å². The van der Waals surface area contributed by atoms with E-state index in [1.54, 1.807) is 0 Å². The topological polar surface area (TPSA) is 56.0 Å². The molecule has 0 saturated heterocycles. The van der Waals surface area contributed by atoms with Crippen LogP contribution in [-0.4, -0.2) is 9.91 Å². The normalized spacial score (nSPS) is 11.3. The van der Waals surface area contributed by atoms with Crippen molar-refractivity contribution in [2.75, 3.05) is 0 Å². The molecule has 4 nitrogen and oxygen atoms in total. The van der Waals surface area contributed by atoms with Gasteiger partial charge in [0.2, 0.25) is 6.20 Å². The van der Waals surface area contributed by atoms with Crippen molar-refractivity contribution in [3.63, 3.8) is 0 Å². The average molecular weight is 263 g/mol. The maximum Gasteiger partial charge on any atom is 0.235 e. The van der Waals surface area contributed by atoms with Gasteiger partial charge in [-0.25, -0.2) is 4.98 Å². The fourth-order valence-electron chi connectivity index (χ4n) is 1.78. The van der Waals surface area contributed by atoms with Gasteiger partial charge in [0.25, 0.3) is 0 Å². The zero-order valence-electron chi connectivity index (χ0n) is 9.98. The van der Waals surface area contributed by atoms with Crippen LogP contribution in [0.15, 0.2) is 24.4 Å². The van der Waals surface area contributed by atoms with E-state index in [0.29, 0.717) is 5.56 Å². The van der Waals surface area contributed by atoms with Crippen LogP contribution in [0.3, 0.4) is 0 Å². The molecule has 1 aromatic heterocycles. The molecule has 5 heteroatoms. The standard InChI is InChI=1S/C13H11ClN2O2/c1-8-3-4-9(2)12-11(8)7-10(13(14)15-12)5-6-16(17)18/h3-7H,1-2H3. The second kappa shape index (κ2) is 4.74. The number of nitro groups is 1. The molecule has 0 amide bonds. The predicted molar refractivity (Wildman–Crippen MR) is 72.3 cm³/mol. The van der Waals surface area contributed by atoms with Crippen LogP contribution < -0.4 is 0 Å². The number of aryl methyl sites for hydroxylation is 2. The summed E-state index contributed by atoms with van der Waals surface area (Å²) in [7, 11) is 0. The Bertz CT molecular complexity index is 666. The number of hydrogen-bond acceptors (Lipinski definition) is 3. The van der Waals surface area contributed by atoms with Crippen LogP contribution in [-0.2, 0) is 0 Å². The van der Waals surface area contributed by atoms with Crippen molar-refractivity contribution in [2.24, 2.45) is 0 Å². The lowest BCUT2D eigenvalue weighted by molar-refractivity contribution is -0.400. The number of aromatic nitrogens is 1. The van der Waals surface area contributed by atoms with E-state index in [2.05, 4.69) is 4.98 Å². The second-order valence-electron chi connectivity index (χ2n) is 4.07. The lowest BCUT2D eigenvalue weighted by Gasteiger charge is -2.07. The SMILES string of the molecule is Cc1ccc(C)c2nc(Cl)c(C=C[N+](=O)[O-])cc12. The average Bonchev–Trinajstić information content (AvgIpc) is 2.32. The zero-order chi connectivity index (χ0) is 13.3. The summed E-state index contributed by atoms with van der Waals surface area (Å²) in [4.78, 5) is 14.1. The highest BCUT2D eigenvalue weighted by Gasteiger charge is 2.07. The van der Waals surface area contributed by atoms with E-state index in [4.69, 9.17) is 11.6 Å². The van der Waals surface area contributed by atoms with E-state index in [-0.39, 0.29) is 5.15 Å². The van der Waals surface area contributed by atoms with Crippen LogP contribution >= 0.6 is 11.6 Å². The van der Waals surface area contributed by atoms with Gasteiger partial charge in [-0.2, -0.15) is 0 Å². The van der Waals surface area contributed by atoms with E-state index in [9.17, 15) is 10.1 Å². The van der Waals surface area contributed by atoms with E-state index in [0.717, 1.165) is 28.2 Å². The minimum Gasteiger partial charge on any atom is -0.259 e. The predicted octanol–water partition coefficient (Wildman–Crippen LogP) is 3.75. The molecule has 0 aliphatic rings. The Morgan fingerprint density at radius 2 is 2.00 bits per heavy atom. The molecule has 0 radical (unpaired) electrons. The Hall–Kier alpha value is -1.94. The summed E-state index contributed by atoms with van der Waals surface area (Å²) >= 11 is 6.03. The van der Waals surface area contributed by atoms with Gasteiger partial charge in [-0.3, -0.25) is 10.1 Å². The number of fused-ring (bicyclic) bond motifs is 1. The maximum atomic E-state index is 10.3. The monoisotopic (exact) mass is 262 g/mol. The molecule has 0 saturated carbocycles. The molecule has 0 aliphatic carbocycles. The summed E-state index contributed by atoms with van der Waals surface area (Å²) < 4.78 is 0. The molecular weight excluding hydrogens is 252 g/mol. The van der Waals surface area contributed by atoms with Crippen LogP contribution in [0.4, 0.5) is 0 Å². The van der Waals surface area contributed by atoms with Gasteiger partial charge in [0.15, 0.2) is 0 Å². The van der Waals surface area contributed by atoms with Crippen molar-refractivity contribution in [1.29, 1.82) is 0 Å². The smallest absolute Gasteiger partial charge is 0.235 e. The molecule has 18 heavy (non-hydrogen) atoms. The molecule has 2 aromatic rings. The molecule has 92 valence electrons. The first-order valence-corrected chi connectivity index (χ1v) is 5.75. The Morgan fingerprint density at radius 3 is 2.67 bits per heavy atom. The summed E-state index contributed by atoms with van der Waals surface area (Å²) in [5.41, 5.74) is 3.48. The van der Waals surface area contributed by atoms with Crippen LogP contribution in [0.2, 0.25) is 5.15 Å². The van der Waals surface area contributed by atoms with Crippen LogP contribution in [0.1, 0.15) is 16.7 Å². The molecule has 1 heterocycles. The number of hydrogen-bond donors (Lipinski definition) is 0. The Morgan fingerprint density at radius 1 is 1.33 bits per heavy atom. The third-order valence-corrected chi connectivity index (χ3v) is 3.06. The number of nitrogens with zero attached hydrogens (tertiary/aromatic N) is 2. The zero-order valence-corrected chi connectivity index (χ0v) is 10.7. The molecule has 0 N–H and O–H groups in total. The molecule has 2 rings (SSSR count). The molecule has 0 spiro atoms. The van der Waals surface area contributed by atoms with Crippen molar-refractivity contribution in [1.82, 2.24) is 4.98 Å². The number of benzene rings is 1. The Labute approximate surface area is 109 Å². The Kier molecular flexibility index (Phi) is 3.30. The number of pyridine rings is 1. The first-order valence-electron chi connectivity index (χ1n) is 5.37. The number of rotatable bonds is 2. The molecule has 1 aromatic carbocycles. The van der Waals surface area contributed by atoms with Gasteiger partial charge in [0, 0.05) is 17.0 Å².